The Kier molecular flexibility index (Phi) is 9.52. The van der Waals surface area contributed by atoms with Crippen LogP contribution in [0.3, 0.4) is 0 Å². The van der Waals surface area contributed by atoms with E-state index < -0.39 is 0 Å². The van der Waals surface area contributed by atoms with Gasteiger partial charge in [-0.3, -0.25) is 10.1 Å². The van der Waals surface area contributed by atoms with E-state index in [1.165, 1.54) is 38.5 Å². The van der Waals surface area contributed by atoms with Crippen LogP contribution in [-0.4, -0.2) is 41.8 Å². The number of hydrogen-bond acceptors (Lipinski definition) is 4. The van der Waals surface area contributed by atoms with Gasteiger partial charge < -0.3 is 15.4 Å². The largest absolute Gasteiger partial charge is 0.497 e. The first-order valence-corrected chi connectivity index (χ1v) is 9.78. The highest BCUT2D eigenvalue weighted by molar-refractivity contribution is 14.0. The fourth-order valence-electron chi connectivity index (χ4n) is 3.53. The van der Waals surface area contributed by atoms with Crippen LogP contribution in [0.5, 0.6) is 5.75 Å². The van der Waals surface area contributed by atoms with E-state index in [-0.39, 0.29) is 24.0 Å². The number of methoxy groups -OCH3 is 1. The summed E-state index contributed by atoms with van der Waals surface area (Å²) in [7, 11) is 3.44. The second-order valence-electron chi connectivity index (χ2n) is 6.98. The molecule has 0 unspecified atom stereocenters. The zero-order valence-corrected chi connectivity index (χ0v) is 19.0. The van der Waals surface area contributed by atoms with Crippen LogP contribution in [0.2, 0.25) is 0 Å². The van der Waals surface area contributed by atoms with Gasteiger partial charge in [-0.05, 0) is 43.0 Å². The van der Waals surface area contributed by atoms with E-state index in [1.54, 1.807) is 14.2 Å². The summed E-state index contributed by atoms with van der Waals surface area (Å²) in [5.74, 6) is 4.00. The van der Waals surface area contributed by atoms with Crippen LogP contribution >= 0.6 is 24.0 Å². The highest BCUT2D eigenvalue weighted by Crippen LogP contribution is 2.28. The van der Waals surface area contributed by atoms with E-state index >= 15 is 0 Å². The molecular formula is C20H31IN6O. The molecule has 1 aliphatic carbocycles. The maximum atomic E-state index is 5.18. The smallest absolute Gasteiger partial charge is 0.191 e. The number of hydrogen-bond donors (Lipinski definition) is 3. The van der Waals surface area contributed by atoms with Crippen LogP contribution in [-0.2, 0) is 6.54 Å². The van der Waals surface area contributed by atoms with Gasteiger partial charge in [0.1, 0.15) is 11.6 Å². The predicted octanol–water partition coefficient (Wildman–Crippen LogP) is 3.73. The van der Waals surface area contributed by atoms with Crippen molar-refractivity contribution in [2.45, 2.75) is 45.1 Å². The van der Waals surface area contributed by atoms with E-state index in [1.807, 2.05) is 24.3 Å². The molecule has 0 bridgehead atoms. The van der Waals surface area contributed by atoms with Crippen LogP contribution in [0.25, 0.3) is 11.4 Å². The van der Waals surface area contributed by atoms with Crippen molar-refractivity contribution in [3.05, 3.63) is 30.1 Å². The monoisotopic (exact) mass is 498 g/mol. The molecule has 8 heteroatoms. The normalized spacial score (nSPS) is 14.6. The van der Waals surface area contributed by atoms with E-state index in [9.17, 15) is 0 Å². The summed E-state index contributed by atoms with van der Waals surface area (Å²) < 4.78 is 5.18. The molecule has 0 saturated heterocycles. The number of rotatable bonds is 8. The van der Waals surface area contributed by atoms with Gasteiger partial charge >= 0.3 is 0 Å². The fourth-order valence-corrected chi connectivity index (χ4v) is 3.53. The molecule has 0 spiro atoms. The zero-order valence-electron chi connectivity index (χ0n) is 16.7. The topological polar surface area (TPSA) is 87.2 Å². The number of ether oxygens (including phenoxy) is 1. The first kappa shape index (κ1) is 22.4. The van der Waals surface area contributed by atoms with Crippen molar-refractivity contribution in [3.8, 4) is 17.1 Å². The lowest BCUT2D eigenvalue weighted by atomic mass is 10.0. The van der Waals surface area contributed by atoms with Crippen LogP contribution in [0.15, 0.2) is 29.3 Å². The number of aliphatic imine (C=N–C) groups is 1. The number of H-pyrrole nitrogens is 1. The Morgan fingerprint density at radius 3 is 2.64 bits per heavy atom. The van der Waals surface area contributed by atoms with Crippen molar-refractivity contribution in [1.29, 1.82) is 0 Å². The van der Waals surface area contributed by atoms with Gasteiger partial charge in [0.05, 0.1) is 13.7 Å². The lowest BCUT2D eigenvalue weighted by molar-refractivity contribution is 0.415. The Morgan fingerprint density at radius 1 is 1.21 bits per heavy atom. The summed E-state index contributed by atoms with van der Waals surface area (Å²) in [6.45, 7) is 1.50. The van der Waals surface area contributed by atoms with E-state index in [2.05, 4.69) is 30.8 Å². The number of nitrogens with one attached hydrogen (secondary N) is 3. The van der Waals surface area contributed by atoms with Crippen molar-refractivity contribution in [1.82, 2.24) is 25.8 Å². The quantitative estimate of drug-likeness (QED) is 0.224. The van der Waals surface area contributed by atoms with Gasteiger partial charge in [0.15, 0.2) is 11.8 Å². The molecule has 1 saturated carbocycles. The minimum atomic E-state index is 0. The van der Waals surface area contributed by atoms with E-state index in [0.29, 0.717) is 12.4 Å². The average Bonchev–Trinajstić information content (AvgIpc) is 3.39. The average molecular weight is 498 g/mol. The summed E-state index contributed by atoms with van der Waals surface area (Å²) in [4.78, 5) is 8.81. The third kappa shape index (κ3) is 6.65. The van der Waals surface area contributed by atoms with Crippen molar-refractivity contribution >= 4 is 29.9 Å². The molecule has 28 heavy (non-hydrogen) atoms. The fraction of sp³-hybridized carbons (Fsp3) is 0.550. The van der Waals surface area contributed by atoms with Crippen LogP contribution in [0, 0.1) is 5.92 Å². The number of benzene rings is 1. The Bertz CT molecular complexity index is 725. The molecule has 1 aromatic carbocycles. The molecule has 1 fully saturated rings. The number of aromatic nitrogens is 3. The Labute approximate surface area is 184 Å². The van der Waals surface area contributed by atoms with Gasteiger partial charge in [-0.1, -0.05) is 25.7 Å². The third-order valence-corrected chi connectivity index (χ3v) is 5.08. The Hall–Kier alpha value is -1.84. The molecule has 154 valence electrons. The maximum Gasteiger partial charge on any atom is 0.191 e. The van der Waals surface area contributed by atoms with Crippen molar-refractivity contribution in [2.75, 3.05) is 20.7 Å². The van der Waals surface area contributed by atoms with Crippen LogP contribution in [0.4, 0.5) is 0 Å². The van der Waals surface area contributed by atoms with Gasteiger partial charge in [-0.2, -0.15) is 5.10 Å². The standard InChI is InChI=1S/C20H30N6O.HI/c1-21-20(22-13-5-8-15-6-3-4-7-15)23-14-18-24-19(26-25-18)16-9-11-17(27-2)12-10-16;/h9-12,15H,3-8,13-14H2,1-2H3,(H2,21,22,23)(H,24,25,26);1H. The second kappa shape index (κ2) is 11.9. The molecule has 7 nitrogen and oxygen atoms in total. The van der Waals surface area contributed by atoms with Gasteiger partial charge in [0.2, 0.25) is 0 Å². The molecule has 0 amide bonds. The molecular weight excluding hydrogens is 467 g/mol. The SMILES string of the molecule is CN=C(NCCCC1CCCC1)NCc1nc(-c2ccc(OC)cc2)n[nH]1.I. The summed E-state index contributed by atoms with van der Waals surface area (Å²) in [6, 6.07) is 7.70. The molecule has 3 rings (SSSR count). The summed E-state index contributed by atoms with van der Waals surface area (Å²) >= 11 is 0. The van der Waals surface area contributed by atoms with Crippen LogP contribution < -0.4 is 15.4 Å². The molecule has 1 aliphatic rings. The van der Waals surface area contributed by atoms with Gasteiger partial charge in [0.25, 0.3) is 0 Å². The summed E-state index contributed by atoms with van der Waals surface area (Å²) in [5.41, 5.74) is 0.952. The minimum absolute atomic E-state index is 0. The van der Waals surface area contributed by atoms with Crippen molar-refractivity contribution < 1.29 is 4.74 Å². The van der Waals surface area contributed by atoms with E-state index in [4.69, 9.17) is 4.74 Å². The number of nitrogens with zero attached hydrogens (tertiary/aromatic N) is 3. The minimum Gasteiger partial charge on any atom is -0.497 e. The summed E-state index contributed by atoms with van der Waals surface area (Å²) in [6.07, 6.45) is 8.16. The number of guanidine groups is 1. The summed E-state index contributed by atoms with van der Waals surface area (Å²) in [5, 5.41) is 13.9. The lowest BCUT2D eigenvalue weighted by Gasteiger charge is -2.12. The molecule has 1 heterocycles. The van der Waals surface area contributed by atoms with E-state index in [0.717, 1.165) is 35.6 Å². The van der Waals surface area contributed by atoms with Gasteiger partial charge in [-0.15, -0.1) is 24.0 Å². The number of aromatic amines is 1. The molecule has 1 aromatic heterocycles. The molecule has 0 atom stereocenters. The van der Waals surface area contributed by atoms with Gasteiger partial charge in [0, 0.05) is 19.2 Å². The van der Waals surface area contributed by atoms with Crippen molar-refractivity contribution in [3.63, 3.8) is 0 Å². The first-order chi connectivity index (χ1) is 13.3. The van der Waals surface area contributed by atoms with Crippen molar-refractivity contribution in [2.24, 2.45) is 10.9 Å². The zero-order chi connectivity index (χ0) is 18.9. The lowest BCUT2D eigenvalue weighted by Crippen LogP contribution is -2.37. The number of halogens is 1. The predicted molar refractivity (Wildman–Crippen MR) is 123 cm³/mol. The van der Waals surface area contributed by atoms with Gasteiger partial charge in [-0.25, -0.2) is 4.98 Å². The van der Waals surface area contributed by atoms with Crippen LogP contribution in [0.1, 0.15) is 44.3 Å². The highest BCUT2D eigenvalue weighted by Gasteiger charge is 2.14. The maximum absolute atomic E-state index is 5.18. The molecule has 3 N–H and O–H groups in total. The molecule has 0 aliphatic heterocycles. The Balaban J connectivity index is 0.00000280. The Morgan fingerprint density at radius 2 is 1.96 bits per heavy atom. The molecule has 0 radical (unpaired) electrons. The highest BCUT2D eigenvalue weighted by atomic mass is 127. The second-order valence-corrected chi connectivity index (χ2v) is 6.98. The first-order valence-electron chi connectivity index (χ1n) is 9.78. The molecule has 2 aromatic rings. The third-order valence-electron chi connectivity index (χ3n) is 5.08.